The van der Waals surface area contributed by atoms with E-state index < -0.39 is 0 Å². The maximum Gasteiger partial charge on any atom is 0.322 e. The Morgan fingerprint density at radius 1 is 1.46 bits per heavy atom. The van der Waals surface area contributed by atoms with E-state index in [-0.39, 0.29) is 0 Å². The molecule has 1 rings (SSSR count). The van der Waals surface area contributed by atoms with Gasteiger partial charge in [-0.05, 0) is 0 Å². The van der Waals surface area contributed by atoms with Crippen LogP contribution in [0.3, 0.4) is 0 Å². The van der Waals surface area contributed by atoms with E-state index in [1.54, 1.807) is 17.4 Å². The van der Waals surface area contributed by atoms with Crippen LogP contribution in [0.15, 0.2) is 18.7 Å². The molecule has 0 saturated carbocycles. The molecule has 0 saturated heterocycles. The van der Waals surface area contributed by atoms with Gasteiger partial charge in [-0.15, -0.1) is 0 Å². The van der Waals surface area contributed by atoms with Gasteiger partial charge in [-0.1, -0.05) is 0 Å². The fourth-order valence-corrected chi connectivity index (χ4v) is 1.15. The summed E-state index contributed by atoms with van der Waals surface area (Å²) in [7, 11) is 7.59. The lowest BCUT2D eigenvalue weighted by molar-refractivity contribution is 0.295. The highest BCUT2D eigenvalue weighted by Gasteiger charge is 2.26. The van der Waals surface area contributed by atoms with Gasteiger partial charge in [-0.3, -0.25) is 0 Å². The lowest BCUT2D eigenvalue weighted by Gasteiger charge is -2.31. The van der Waals surface area contributed by atoms with Crippen LogP contribution in [0, 0.1) is 5.41 Å². The van der Waals surface area contributed by atoms with Crippen molar-refractivity contribution in [2.75, 3.05) is 28.2 Å². The molecule has 5 nitrogen and oxygen atoms in total. The summed E-state index contributed by atoms with van der Waals surface area (Å²) in [5.74, 6) is 0.498. The molecule has 0 bridgehead atoms. The zero-order valence-corrected chi connectivity index (χ0v) is 8.52. The maximum atomic E-state index is 7.87. The molecule has 72 valence electrons. The predicted molar refractivity (Wildman–Crippen MR) is 53.0 cm³/mol. The molecule has 0 unspecified atom stereocenters. The highest BCUT2D eigenvalue weighted by Crippen LogP contribution is 2.00. The van der Waals surface area contributed by atoms with Crippen molar-refractivity contribution in [2.45, 2.75) is 0 Å². The molecule has 1 aromatic heterocycles. The van der Waals surface area contributed by atoms with Crippen molar-refractivity contribution in [1.82, 2.24) is 19.2 Å². The molecule has 5 heteroatoms. The zero-order valence-electron chi connectivity index (χ0n) is 8.52. The Bertz CT molecular complexity index is 285. The van der Waals surface area contributed by atoms with Crippen LogP contribution in [0.4, 0.5) is 0 Å². The fourth-order valence-electron chi connectivity index (χ4n) is 1.15. The largest absolute Gasteiger partial charge is 0.322 e. The third-order valence-electron chi connectivity index (χ3n) is 2.01. The molecule has 0 aliphatic heterocycles. The van der Waals surface area contributed by atoms with E-state index in [1.165, 1.54) is 0 Å². The van der Waals surface area contributed by atoms with Gasteiger partial charge >= 0.3 is 5.96 Å². The van der Waals surface area contributed by atoms with Gasteiger partial charge in [0.1, 0.15) is 6.33 Å². The number of guanidine groups is 1. The number of hydrogen-bond donors (Lipinski definition) is 1. The number of aromatic nitrogens is 2. The number of quaternary nitrogens is 1. The molecule has 0 fully saturated rings. The van der Waals surface area contributed by atoms with Gasteiger partial charge in [-0.2, -0.15) is 9.27 Å². The summed E-state index contributed by atoms with van der Waals surface area (Å²) in [5, 5.41) is 7.87. The van der Waals surface area contributed by atoms with Gasteiger partial charge in [0.25, 0.3) is 0 Å². The number of rotatable bonds is 1. The maximum absolute atomic E-state index is 7.87. The SMILES string of the molecule is CN(C)C(=N)[N+](C)(C)n1ccnc1. The number of hydrogen-bond acceptors (Lipinski definition) is 2. The van der Waals surface area contributed by atoms with Crippen molar-refractivity contribution in [3.8, 4) is 0 Å². The summed E-state index contributed by atoms with van der Waals surface area (Å²) in [6.45, 7) is 0. The van der Waals surface area contributed by atoms with Gasteiger partial charge in [0.2, 0.25) is 0 Å². The van der Waals surface area contributed by atoms with Gasteiger partial charge in [0, 0.05) is 14.1 Å². The molecule has 1 heterocycles. The Morgan fingerprint density at radius 3 is 2.46 bits per heavy atom. The number of imidazole rings is 1. The fraction of sp³-hybridized carbons (Fsp3) is 0.500. The summed E-state index contributed by atoms with van der Waals surface area (Å²) in [5.41, 5.74) is 0. The monoisotopic (exact) mass is 182 g/mol. The molecular formula is C8H16N5+. The lowest BCUT2D eigenvalue weighted by atomic mass is 10.6. The van der Waals surface area contributed by atoms with Crippen molar-refractivity contribution in [2.24, 2.45) is 0 Å². The Kier molecular flexibility index (Phi) is 2.38. The van der Waals surface area contributed by atoms with Crippen LogP contribution in [0.2, 0.25) is 0 Å². The first-order valence-electron chi connectivity index (χ1n) is 4.05. The third kappa shape index (κ3) is 1.70. The Balaban J connectivity index is 2.95. The van der Waals surface area contributed by atoms with E-state index >= 15 is 0 Å². The highest BCUT2D eigenvalue weighted by atomic mass is 15.7. The molecule has 13 heavy (non-hydrogen) atoms. The quantitative estimate of drug-likeness (QED) is 0.380. The van der Waals surface area contributed by atoms with Crippen LogP contribution < -0.4 is 4.59 Å². The predicted octanol–water partition coefficient (Wildman–Crippen LogP) is 0.0780. The van der Waals surface area contributed by atoms with Crippen molar-refractivity contribution in [1.29, 1.82) is 5.41 Å². The molecular weight excluding hydrogens is 166 g/mol. The van der Waals surface area contributed by atoms with Crippen molar-refractivity contribution < 1.29 is 0 Å². The van der Waals surface area contributed by atoms with Crippen LogP contribution in [0.25, 0.3) is 0 Å². The number of nitrogens with one attached hydrogen (secondary N) is 1. The summed E-state index contributed by atoms with van der Waals surface area (Å²) in [6.07, 6.45) is 5.26. The summed E-state index contributed by atoms with van der Waals surface area (Å²) in [4.78, 5) is 5.74. The molecule has 1 N–H and O–H groups in total. The van der Waals surface area contributed by atoms with Crippen LogP contribution in [0.1, 0.15) is 0 Å². The first kappa shape index (κ1) is 9.73. The average Bonchev–Trinajstić information content (AvgIpc) is 2.54. The summed E-state index contributed by atoms with van der Waals surface area (Å²) >= 11 is 0. The van der Waals surface area contributed by atoms with E-state index in [2.05, 4.69) is 4.98 Å². The van der Waals surface area contributed by atoms with Gasteiger partial charge in [-0.25, -0.2) is 10.4 Å². The molecule has 1 aromatic rings. The molecule has 0 atom stereocenters. The lowest BCUT2D eigenvalue weighted by Crippen LogP contribution is -2.59. The van der Waals surface area contributed by atoms with Crippen LogP contribution in [-0.2, 0) is 0 Å². The second kappa shape index (κ2) is 3.18. The normalized spacial score (nSPS) is 11.4. The average molecular weight is 182 g/mol. The van der Waals surface area contributed by atoms with Gasteiger partial charge in [0.05, 0.1) is 26.5 Å². The van der Waals surface area contributed by atoms with Crippen LogP contribution >= 0.6 is 0 Å². The summed E-state index contributed by atoms with van der Waals surface area (Å²) in [6, 6.07) is 0. The van der Waals surface area contributed by atoms with Crippen LogP contribution in [-0.4, -0.2) is 48.7 Å². The van der Waals surface area contributed by atoms with Crippen LogP contribution in [0.5, 0.6) is 0 Å². The van der Waals surface area contributed by atoms with Gasteiger partial charge < -0.3 is 4.90 Å². The minimum absolute atomic E-state index is 0.340. The topological polar surface area (TPSA) is 44.9 Å². The third-order valence-corrected chi connectivity index (χ3v) is 2.01. The van der Waals surface area contributed by atoms with Gasteiger partial charge in [0.15, 0.2) is 0 Å². The van der Waals surface area contributed by atoms with E-state index in [9.17, 15) is 0 Å². The van der Waals surface area contributed by atoms with Crippen molar-refractivity contribution >= 4 is 5.96 Å². The summed E-state index contributed by atoms with van der Waals surface area (Å²) < 4.78 is 2.20. The van der Waals surface area contributed by atoms with E-state index in [0.717, 1.165) is 0 Å². The standard InChI is InChI=1S/C8H16N5/c1-11(2)8(9)13(3,4)12-6-5-10-7-12/h5-7,9H,1-4H3/q+1. The van der Waals surface area contributed by atoms with E-state index in [0.29, 0.717) is 10.6 Å². The second-order valence-corrected chi connectivity index (χ2v) is 3.56. The minimum Gasteiger partial charge on any atom is -0.316 e. The Morgan fingerprint density at radius 2 is 2.08 bits per heavy atom. The highest BCUT2D eigenvalue weighted by molar-refractivity contribution is 5.81. The van der Waals surface area contributed by atoms with Crippen molar-refractivity contribution in [3.05, 3.63) is 18.7 Å². The molecule has 0 aliphatic rings. The molecule has 0 radical (unpaired) electrons. The van der Waals surface area contributed by atoms with Crippen molar-refractivity contribution in [3.63, 3.8) is 0 Å². The zero-order chi connectivity index (χ0) is 10.1. The molecule has 0 aliphatic carbocycles. The number of nitrogens with zero attached hydrogens (tertiary/aromatic N) is 4. The van der Waals surface area contributed by atoms with E-state index in [4.69, 9.17) is 5.41 Å². The minimum atomic E-state index is 0.340. The molecule has 0 spiro atoms. The Hall–Kier alpha value is -1.36. The molecule has 0 aromatic carbocycles. The Labute approximate surface area is 78.3 Å². The smallest absolute Gasteiger partial charge is 0.316 e. The molecule has 0 amide bonds. The first-order valence-corrected chi connectivity index (χ1v) is 4.05. The first-order chi connectivity index (χ1) is 5.96. The van der Waals surface area contributed by atoms with E-state index in [1.807, 2.05) is 39.1 Å². The second-order valence-electron chi connectivity index (χ2n) is 3.56.